The van der Waals surface area contributed by atoms with Crippen molar-refractivity contribution < 1.29 is 9.53 Å². The van der Waals surface area contributed by atoms with Crippen LogP contribution in [0.15, 0.2) is 16.6 Å². The number of ether oxygens (including phenoxy) is 1. The number of aryl methyl sites for hydroxylation is 1. The van der Waals surface area contributed by atoms with Gasteiger partial charge in [0.1, 0.15) is 0 Å². The van der Waals surface area contributed by atoms with Gasteiger partial charge in [0.25, 0.3) is 0 Å². The molecule has 0 spiro atoms. The summed E-state index contributed by atoms with van der Waals surface area (Å²) in [6.45, 7) is 4.16. The summed E-state index contributed by atoms with van der Waals surface area (Å²) in [4.78, 5) is 11.4. The monoisotopic (exact) mass is 368 g/mol. The number of halogens is 2. The Morgan fingerprint density at radius 2 is 2.21 bits per heavy atom. The van der Waals surface area contributed by atoms with E-state index < -0.39 is 0 Å². The standard InChI is InChI=1S/C10H10BrIO2/c1-3-14-10(13)7-4-6(2)9(11)8(12)5-7/h4-5H,3H2,1-2H3. The lowest BCUT2D eigenvalue weighted by atomic mass is 10.1. The first kappa shape index (κ1) is 12.0. The molecule has 0 saturated carbocycles. The highest BCUT2D eigenvalue weighted by atomic mass is 127. The van der Waals surface area contributed by atoms with Crippen molar-refractivity contribution in [3.63, 3.8) is 0 Å². The zero-order valence-electron chi connectivity index (χ0n) is 7.93. The summed E-state index contributed by atoms with van der Waals surface area (Å²) in [5.41, 5.74) is 1.65. The molecule has 0 aliphatic carbocycles. The molecule has 0 amide bonds. The quantitative estimate of drug-likeness (QED) is 0.589. The molecular weight excluding hydrogens is 359 g/mol. The van der Waals surface area contributed by atoms with Gasteiger partial charge in [0.05, 0.1) is 12.2 Å². The van der Waals surface area contributed by atoms with Crippen LogP contribution in [0.3, 0.4) is 0 Å². The third-order valence-corrected chi connectivity index (χ3v) is 4.37. The number of hydrogen-bond acceptors (Lipinski definition) is 2. The molecule has 1 aromatic rings. The van der Waals surface area contributed by atoms with E-state index in [1.165, 1.54) is 0 Å². The Balaban J connectivity index is 3.06. The second kappa shape index (κ2) is 5.11. The molecule has 0 heterocycles. The fourth-order valence-electron chi connectivity index (χ4n) is 1.06. The van der Waals surface area contributed by atoms with Crippen LogP contribution in [0.4, 0.5) is 0 Å². The predicted octanol–water partition coefficient (Wildman–Crippen LogP) is 3.54. The molecule has 14 heavy (non-hydrogen) atoms. The maximum absolute atomic E-state index is 11.4. The third kappa shape index (κ3) is 2.70. The number of esters is 1. The highest BCUT2D eigenvalue weighted by Gasteiger charge is 2.10. The van der Waals surface area contributed by atoms with E-state index in [1.54, 1.807) is 6.92 Å². The number of hydrogen-bond donors (Lipinski definition) is 0. The van der Waals surface area contributed by atoms with Crippen molar-refractivity contribution in [2.75, 3.05) is 6.61 Å². The van der Waals surface area contributed by atoms with Crippen LogP contribution in [0.25, 0.3) is 0 Å². The van der Waals surface area contributed by atoms with Crippen molar-refractivity contribution in [2.24, 2.45) is 0 Å². The van der Waals surface area contributed by atoms with Gasteiger partial charge in [-0.15, -0.1) is 0 Å². The third-order valence-electron chi connectivity index (χ3n) is 1.72. The average Bonchev–Trinajstić information content (AvgIpc) is 2.13. The van der Waals surface area contributed by atoms with Crippen LogP contribution in [-0.4, -0.2) is 12.6 Å². The molecule has 0 atom stereocenters. The largest absolute Gasteiger partial charge is 0.462 e. The van der Waals surface area contributed by atoms with Gasteiger partial charge in [-0.3, -0.25) is 0 Å². The molecule has 0 aliphatic rings. The minimum absolute atomic E-state index is 0.263. The van der Waals surface area contributed by atoms with E-state index in [4.69, 9.17) is 4.74 Å². The highest BCUT2D eigenvalue weighted by molar-refractivity contribution is 14.1. The van der Waals surface area contributed by atoms with Gasteiger partial charge in [-0.05, 0) is 70.1 Å². The summed E-state index contributed by atoms with van der Waals surface area (Å²) in [7, 11) is 0. The Kier molecular flexibility index (Phi) is 4.37. The van der Waals surface area contributed by atoms with Gasteiger partial charge in [0.15, 0.2) is 0 Å². The molecule has 2 nitrogen and oxygen atoms in total. The Morgan fingerprint density at radius 3 is 2.71 bits per heavy atom. The first-order valence-electron chi connectivity index (χ1n) is 4.19. The minimum atomic E-state index is -0.263. The van der Waals surface area contributed by atoms with Crippen molar-refractivity contribution in [3.05, 3.63) is 31.3 Å². The van der Waals surface area contributed by atoms with Gasteiger partial charge in [0, 0.05) is 8.04 Å². The zero-order valence-corrected chi connectivity index (χ0v) is 11.7. The van der Waals surface area contributed by atoms with Crippen LogP contribution in [0.5, 0.6) is 0 Å². The highest BCUT2D eigenvalue weighted by Crippen LogP contribution is 2.24. The van der Waals surface area contributed by atoms with Crippen LogP contribution in [-0.2, 0) is 4.74 Å². The predicted molar refractivity (Wildman–Crippen MR) is 67.6 cm³/mol. The molecule has 0 saturated heterocycles. The van der Waals surface area contributed by atoms with Gasteiger partial charge in [0.2, 0.25) is 0 Å². The number of carbonyl (C=O) groups is 1. The fourth-order valence-corrected chi connectivity index (χ4v) is 2.05. The Bertz CT molecular complexity index is 340. The van der Waals surface area contributed by atoms with Crippen LogP contribution in [0.1, 0.15) is 22.8 Å². The Labute approximate surface area is 105 Å². The molecule has 0 bridgehead atoms. The molecule has 1 aromatic carbocycles. The number of carbonyl (C=O) groups excluding carboxylic acids is 1. The minimum Gasteiger partial charge on any atom is -0.462 e. The van der Waals surface area contributed by atoms with Gasteiger partial charge >= 0.3 is 5.97 Å². The summed E-state index contributed by atoms with van der Waals surface area (Å²) in [6.07, 6.45) is 0. The van der Waals surface area contributed by atoms with Crippen LogP contribution < -0.4 is 0 Å². The Hall–Kier alpha value is -0.100. The summed E-state index contributed by atoms with van der Waals surface area (Å²) >= 11 is 5.62. The summed E-state index contributed by atoms with van der Waals surface area (Å²) in [5.74, 6) is -0.263. The van der Waals surface area contributed by atoms with Gasteiger partial charge in [-0.25, -0.2) is 4.79 Å². The second-order valence-electron chi connectivity index (χ2n) is 2.81. The topological polar surface area (TPSA) is 26.3 Å². The molecule has 0 aromatic heterocycles. The smallest absolute Gasteiger partial charge is 0.338 e. The van der Waals surface area contributed by atoms with Crippen LogP contribution in [0, 0.1) is 10.5 Å². The van der Waals surface area contributed by atoms with E-state index in [0.29, 0.717) is 12.2 Å². The number of benzene rings is 1. The molecule has 4 heteroatoms. The zero-order chi connectivity index (χ0) is 10.7. The maximum Gasteiger partial charge on any atom is 0.338 e. The summed E-state index contributed by atoms with van der Waals surface area (Å²) < 4.78 is 6.97. The molecule has 76 valence electrons. The van der Waals surface area contributed by atoms with Gasteiger partial charge in [-0.2, -0.15) is 0 Å². The lowest BCUT2D eigenvalue weighted by Crippen LogP contribution is -2.05. The molecule has 0 unspecified atom stereocenters. The SMILES string of the molecule is CCOC(=O)c1cc(C)c(Br)c(I)c1. The first-order chi connectivity index (χ1) is 6.56. The van der Waals surface area contributed by atoms with Crippen molar-refractivity contribution >= 4 is 44.5 Å². The van der Waals surface area contributed by atoms with E-state index in [2.05, 4.69) is 38.5 Å². The second-order valence-corrected chi connectivity index (χ2v) is 4.76. The van der Waals surface area contributed by atoms with Crippen molar-refractivity contribution in [1.29, 1.82) is 0 Å². The van der Waals surface area contributed by atoms with Crippen LogP contribution >= 0.6 is 38.5 Å². The van der Waals surface area contributed by atoms with Crippen molar-refractivity contribution in [3.8, 4) is 0 Å². The molecular formula is C10H10BrIO2. The van der Waals surface area contributed by atoms with E-state index in [0.717, 1.165) is 13.6 Å². The van der Waals surface area contributed by atoms with Crippen molar-refractivity contribution in [2.45, 2.75) is 13.8 Å². The molecule has 0 N–H and O–H groups in total. The van der Waals surface area contributed by atoms with Gasteiger partial charge in [-0.1, -0.05) is 0 Å². The van der Waals surface area contributed by atoms with E-state index in [9.17, 15) is 4.79 Å². The lowest BCUT2D eigenvalue weighted by molar-refractivity contribution is 0.0526. The molecule has 0 aliphatic heterocycles. The lowest BCUT2D eigenvalue weighted by Gasteiger charge is -2.06. The fraction of sp³-hybridized carbons (Fsp3) is 0.300. The normalized spacial score (nSPS) is 10.0. The van der Waals surface area contributed by atoms with Gasteiger partial charge < -0.3 is 4.74 Å². The summed E-state index contributed by atoms with van der Waals surface area (Å²) in [5, 5.41) is 0. The van der Waals surface area contributed by atoms with E-state index >= 15 is 0 Å². The first-order valence-corrected chi connectivity index (χ1v) is 6.06. The Morgan fingerprint density at radius 1 is 1.57 bits per heavy atom. The maximum atomic E-state index is 11.4. The molecule has 0 radical (unpaired) electrons. The van der Waals surface area contributed by atoms with Crippen molar-refractivity contribution in [1.82, 2.24) is 0 Å². The molecule has 0 fully saturated rings. The van der Waals surface area contributed by atoms with E-state index in [-0.39, 0.29) is 5.97 Å². The number of rotatable bonds is 2. The summed E-state index contributed by atoms with van der Waals surface area (Å²) in [6, 6.07) is 3.64. The van der Waals surface area contributed by atoms with E-state index in [1.807, 2.05) is 19.1 Å². The van der Waals surface area contributed by atoms with Crippen LogP contribution in [0.2, 0.25) is 0 Å². The molecule has 1 rings (SSSR count). The average molecular weight is 369 g/mol.